The molecular formula is C22H25ClFN6O7P. The number of nitrogen functional groups attached to an aromatic ring is 1. The quantitative estimate of drug-likeness (QED) is 0.195. The van der Waals surface area contributed by atoms with Crippen molar-refractivity contribution in [1.82, 2.24) is 24.6 Å². The molecule has 0 amide bonds. The fraction of sp³-hybridized carbons (Fsp3) is 0.455. The summed E-state index contributed by atoms with van der Waals surface area (Å²) >= 11 is 5.88. The number of esters is 1. The summed E-state index contributed by atoms with van der Waals surface area (Å²) in [5.41, 5.74) is 3.91. The first kappa shape index (κ1) is 26.7. The highest BCUT2D eigenvalue weighted by molar-refractivity contribution is 7.52. The summed E-state index contributed by atoms with van der Waals surface area (Å²) in [6.45, 7) is 4.73. The Kier molecular flexibility index (Phi) is 6.83. The summed E-state index contributed by atoms with van der Waals surface area (Å²) in [6, 6.07) is 6.91. The Labute approximate surface area is 221 Å². The van der Waals surface area contributed by atoms with Crippen LogP contribution in [0.15, 0.2) is 36.7 Å². The molecule has 2 fully saturated rings. The molecule has 0 bridgehead atoms. The number of aromatic nitrogens is 4. The van der Waals surface area contributed by atoms with Crippen molar-refractivity contribution in [2.24, 2.45) is 0 Å². The number of nitrogens with two attached hydrogens (primary N) is 1. The fourth-order valence-corrected chi connectivity index (χ4v) is 6.07. The van der Waals surface area contributed by atoms with Crippen LogP contribution in [-0.2, 0) is 23.4 Å². The number of hydrogen-bond acceptors (Lipinski definition) is 11. The van der Waals surface area contributed by atoms with Crippen molar-refractivity contribution in [2.45, 2.75) is 63.1 Å². The van der Waals surface area contributed by atoms with Crippen molar-refractivity contribution < 1.29 is 37.4 Å². The topological polar surface area (TPSA) is 173 Å². The molecule has 1 aromatic carbocycles. The Morgan fingerprint density at radius 1 is 1.32 bits per heavy atom. The number of ether oxygens (including phenoxy) is 2. The zero-order chi connectivity index (χ0) is 27.4. The van der Waals surface area contributed by atoms with Crippen LogP contribution in [0.3, 0.4) is 0 Å². The molecule has 38 heavy (non-hydrogen) atoms. The molecule has 204 valence electrons. The van der Waals surface area contributed by atoms with E-state index in [9.17, 15) is 14.5 Å². The lowest BCUT2D eigenvalue weighted by Gasteiger charge is -2.26. The van der Waals surface area contributed by atoms with E-state index >= 15 is 4.39 Å². The van der Waals surface area contributed by atoms with E-state index in [4.69, 9.17) is 35.9 Å². The first-order chi connectivity index (χ1) is 17.9. The van der Waals surface area contributed by atoms with Crippen LogP contribution in [-0.4, -0.2) is 66.7 Å². The van der Waals surface area contributed by atoms with Gasteiger partial charge in [0.15, 0.2) is 29.5 Å². The Hall–Kier alpha value is -2.87. The monoisotopic (exact) mass is 570 g/mol. The van der Waals surface area contributed by atoms with E-state index in [-0.39, 0.29) is 28.0 Å². The second-order valence-corrected chi connectivity index (χ2v) is 11.2. The molecule has 3 aromatic rings. The van der Waals surface area contributed by atoms with Gasteiger partial charge in [0.1, 0.15) is 29.5 Å². The van der Waals surface area contributed by atoms with Gasteiger partial charge in [0.05, 0.1) is 12.4 Å². The lowest BCUT2D eigenvalue weighted by molar-refractivity contribution is -0.149. The molecule has 0 radical (unpaired) electrons. The molecule has 4 N–H and O–H groups in total. The number of carbonyl (C=O) groups excluding carboxylic acids is 1. The average molecular weight is 571 g/mol. The molecule has 2 unspecified atom stereocenters. The first-order valence-electron chi connectivity index (χ1n) is 11.6. The summed E-state index contributed by atoms with van der Waals surface area (Å²) in [6.07, 6.45) is -5.21. The highest BCUT2D eigenvalue weighted by Gasteiger charge is 2.80. The highest BCUT2D eigenvalue weighted by atomic mass is 35.5. The molecule has 2 aromatic heterocycles. The van der Waals surface area contributed by atoms with E-state index in [0.29, 0.717) is 0 Å². The highest BCUT2D eigenvalue weighted by Crippen LogP contribution is 2.62. The van der Waals surface area contributed by atoms with Crippen molar-refractivity contribution in [3.8, 4) is 5.75 Å². The fourth-order valence-electron chi connectivity index (χ4n) is 4.19. The van der Waals surface area contributed by atoms with E-state index in [1.807, 2.05) is 0 Å². The van der Waals surface area contributed by atoms with E-state index < -0.39 is 56.1 Å². The molecule has 3 heterocycles. The number of fused-ring (bicyclic) bond motifs is 2. The molecule has 16 heteroatoms. The summed E-state index contributed by atoms with van der Waals surface area (Å²) < 4.78 is 52.7. The summed E-state index contributed by atoms with van der Waals surface area (Å²) in [4.78, 5) is 24.2. The average Bonchev–Trinajstić information content (AvgIpc) is 3.10. The normalized spacial score (nSPS) is 28.6. The molecule has 7 atom stereocenters. The number of aliphatic hydroxyl groups is 1. The van der Waals surface area contributed by atoms with Crippen LogP contribution in [0.25, 0.3) is 11.2 Å². The van der Waals surface area contributed by atoms with Gasteiger partial charge >= 0.3 is 13.7 Å². The van der Waals surface area contributed by atoms with Gasteiger partial charge in [-0.25, -0.2) is 13.9 Å². The van der Waals surface area contributed by atoms with Crippen molar-refractivity contribution in [1.29, 1.82) is 0 Å². The van der Waals surface area contributed by atoms with Crippen LogP contribution in [0, 0.1) is 0 Å². The number of nitrogens with one attached hydrogen (secondary N) is 1. The van der Waals surface area contributed by atoms with Gasteiger partial charge in [0.25, 0.3) is 0 Å². The number of para-hydroxylation sites is 1. The summed E-state index contributed by atoms with van der Waals surface area (Å²) in [5.74, 6) is -0.561. The minimum Gasteiger partial charge on any atom is -0.462 e. The van der Waals surface area contributed by atoms with Gasteiger partial charge in [-0.1, -0.05) is 18.2 Å². The largest absolute Gasteiger partial charge is 0.462 e. The maximum atomic E-state index is 15.6. The van der Waals surface area contributed by atoms with Gasteiger partial charge in [-0.2, -0.15) is 15.1 Å². The molecule has 2 aliphatic rings. The van der Waals surface area contributed by atoms with Gasteiger partial charge in [-0.3, -0.25) is 13.9 Å². The van der Waals surface area contributed by atoms with E-state index in [2.05, 4.69) is 20.0 Å². The molecule has 1 aliphatic carbocycles. The van der Waals surface area contributed by atoms with Crippen molar-refractivity contribution in [2.75, 3.05) is 5.73 Å². The number of halogens is 2. The van der Waals surface area contributed by atoms with Gasteiger partial charge in [-0.05, 0) is 44.5 Å². The Morgan fingerprint density at radius 3 is 2.66 bits per heavy atom. The third kappa shape index (κ3) is 4.72. The number of hydrogen-bond donors (Lipinski definition) is 3. The molecule has 0 spiro atoms. The maximum Gasteiger partial charge on any atom is 0.459 e. The number of nitrogens with zero attached hydrogens (tertiary/aromatic N) is 4. The van der Waals surface area contributed by atoms with Gasteiger partial charge < -0.3 is 24.8 Å². The predicted molar refractivity (Wildman–Crippen MR) is 132 cm³/mol. The van der Waals surface area contributed by atoms with Crippen molar-refractivity contribution in [3.05, 3.63) is 41.9 Å². The third-order valence-corrected chi connectivity index (χ3v) is 7.86. The second-order valence-electron chi connectivity index (χ2n) is 9.20. The molecule has 1 aliphatic heterocycles. The van der Waals surface area contributed by atoms with Gasteiger partial charge in [0.2, 0.25) is 5.28 Å². The number of benzene rings is 1. The smallest absolute Gasteiger partial charge is 0.459 e. The lowest BCUT2D eigenvalue weighted by atomic mass is 10.2. The molecule has 5 rings (SSSR count). The van der Waals surface area contributed by atoms with Gasteiger partial charge in [0, 0.05) is 0 Å². The third-order valence-electron chi connectivity index (χ3n) is 6.03. The second kappa shape index (κ2) is 9.70. The van der Waals surface area contributed by atoms with Crippen molar-refractivity contribution >= 4 is 42.3 Å². The van der Waals surface area contributed by atoms with E-state index in [1.165, 1.54) is 30.0 Å². The number of rotatable bonds is 9. The Balaban J connectivity index is 1.36. The Bertz CT molecular complexity index is 1410. The van der Waals surface area contributed by atoms with Crippen LogP contribution < -0.4 is 15.3 Å². The molecule has 1 saturated carbocycles. The number of carbonyl (C=O) groups is 1. The van der Waals surface area contributed by atoms with Crippen LogP contribution in [0.5, 0.6) is 5.75 Å². The maximum absolute atomic E-state index is 15.6. The molecule has 13 nitrogen and oxygen atoms in total. The van der Waals surface area contributed by atoms with Crippen molar-refractivity contribution in [3.63, 3.8) is 0 Å². The molecule has 1 saturated heterocycles. The zero-order valence-corrected chi connectivity index (χ0v) is 22.0. The van der Waals surface area contributed by atoms with Crippen LogP contribution >= 0.6 is 19.3 Å². The van der Waals surface area contributed by atoms with Gasteiger partial charge in [-0.15, -0.1) is 0 Å². The zero-order valence-electron chi connectivity index (χ0n) is 20.4. The SMILES string of the molecule is CC(C)OC(=O)[C@@H](C)NP(=O)(Oc1ccccc1)OC1[C@H]2O[C@@H](n3cnc4c(N)nc(Cl)nc43)[C@@H](F)[C@@]12O. The number of alkyl halides is 1. The first-order valence-corrected chi connectivity index (χ1v) is 13.5. The standard InChI is InChI=1S/C22H25ClFN6O7P/c1-10(2)34-20(31)11(3)29-38(33,36-12-7-5-4-6-8-12)37-16-15-22(16,32)14(24)19(35-15)30-9-26-13-17(25)27-21(23)28-18(13)30/h4-11,14-16,19,32H,1-3H3,(H,29,33)(H2,25,27,28)/t11-,14-,15-,16?,19-,22+,38?/m1/s1. The summed E-state index contributed by atoms with van der Waals surface area (Å²) in [7, 11) is -4.37. The minimum atomic E-state index is -4.37. The van der Waals surface area contributed by atoms with Crippen LogP contribution in [0.1, 0.15) is 27.0 Å². The Morgan fingerprint density at radius 2 is 2.03 bits per heavy atom. The molecular weight excluding hydrogens is 546 g/mol. The number of imidazole rings is 1. The minimum absolute atomic E-state index is 0.00702. The van der Waals surface area contributed by atoms with E-state index in [0.717, 1.165) is 0 Å². The van der Waals surface area contributed by atoms with Crippen LogP contribution in [0.2, 0.25) is 5.28 Å². The predicted octanol–water partition coefficient (Wildman–Crippen LogP) is 2.54. The lowest BCUT2D eigenvalue weighted by Crippen LogP contribution is -2.38. The van der Waals surface area contributed by atoms with Crippen LogP contribution in [0.4, 0.5) is 10.2 Å². The number of anilines is 1. The summed E-state index contributed by atoms with van der Waals surface area (Å²) in [5, 5.41) is 13.4. The van der Waals surface area contributed by atoms with E-state index in [1.54, 1.807) is 32.0 Å².